The molecule has 1 aliphatic heterocycles. The molecule has 1 fully saturated rings. The molecule has 2 amide bonds. The standard InChI is InChI=1S/C45H39N5O7/c1-54-35-22-18-33(19-23-35)45(32-16-10-5-11-17-32,34-20-24-36(55-2)25-21-34)56-27-38-37(51)26-39(57-38)49-29-48-40-41(49)46-28-47-42(40)50(43(52)30-12-6-3-7-13-30)44(53)31-14-8-4-9-15-31/h3-25,28-29,37-39,51H,26-27H2,1-2H3/t37-,38+,39+/m0/s1. The first-order chi connectivity index (χ1) is 27.9. The van der Waals surface area contributed by atoms with Gasteiger partial charge in [-0.1, -0.05) is 91.0 Å². The highest BCUT2D eigenvalue weighted by atomic mass is 16.6. The average Bonchev–Trinajstić information content (AvgIpc) is 3.88. The van der Waals surface area contributed by atoms with Gasteiger partial charge in [-0.05, 0) is 65.2 Å². The lowest BCUT2D eigenvalue weighted by molar-refractivity contribution is -0.0931. The zero-order valence-corrected chi connectivity index (χ0v) is 31.2. The van der Waals surface area contributed by atoms with Crippen LogP contribution in [-0.4, -0.2) is 69.5 Å². The van der Waals surface area contributed by atoms with Crippen molar-refractivity contribution in [3.63, 3.8) is 0 Å². The van der Waals surface area contributed by atoms with E-state index in [1.54, 1.807) is 79.5 Å². The lowest BCUT2D eigenvalue weighted by atomic mass is 9.80. The third-order valence-electron chi connectivity index (χ3n) is 10.2. The molecule has 0 aliphatic carbocycles. The lowest BCUT2D eigenvalue weighted by Gasteiger charge is -2.37. The zero-order valence-electron chi connectivity index (χ0n) is 31.2. The number of hydrogen-bond donors (Lipinski definition) is 1. The quantitative estimate of drug-likeness (QED) is 0.102. The zero-order chi connectivity index (χ0) is 39.4. The summed E-state index contributed by atoms with van der Waals surface area (Å²) in [7, 11) is 3.24. The van der Waals surface area contributed by atoms with Gasteiger partial charge in [0.1, 0.15) is 35.8 Å². The van der Waals surface area contributed by atoms with Crippen LogP contribution in [0.5, 0.6) is 11.5 Å². The molecule has 3 atom stereocenters. The minimum atomic E-state index is -1.12. The van der Waals surface area contributed by atoms with Crippen molar-refractivity contribution in [2.75, 3.05) is 25.7 Å². The Kier molecular flexibility index (Phi) is 10.6. The fourth-order valence-corrected chi connectivity index (χ4v) is 7.24. The van der Waals surface area contributed by atoms with Gasteiger partial charge in [0.05, 0.1) is 33.3 Å². The molecule has 286 valence electrons. The van der Waals surface area contributed by atoms with Crippen LogP contribution in [0.2, 0.25) is 0 Å². The Labute approximate surface area is 328 Å². The molecule has 7 aromatic rings. The van der Waals surface area contributed by atoms with E-state index in [2.05, 4.69) is 15.0 Å². The monoisotopic (exact) mass is 761 g/mol. The van der Waals surface area contributed by atoms with Crippen LogP contribution in [0.3, 0.4) is 0 Å². The number of fused-ring (bicyclic) bond motifs is 1. The van der Waals surface area contributed by atoms with Crippen molar-refractivity contribution in [3.05, 3.63) is 180 Å². The molecule has 8 rings (SSSR count). The molecule has 3 heterocycles. The van der Waals surface area contributed by atoms with E-state index in [9.17, 15) is 14.7 Å². The van der Waals surface area contributed by atoms with E-state index in [1.807, 2.05) is 78.9 Å². The maximum absolute atomic E-state index is 14.0. The molecule has 1 aliphatic rings. The highest BCUT2D eigenvalue weighted by Gasteiger charge is 2.42. The summed E-state index contributed by atoms with van der Waals surface area (Å²) >= 11 is 0. The van der Waals surface area contributed by atoms with Gasteiger partial charge >= 0.3 is 0 Å². The fraction of sp³-hybridized carbons (Fsp3) is 0.178. The largest absolute Gasteiger partial charge is 0.497 e. The third-order valence-corrected chi connectivity index (χ3v) is 10.2. The van der Waals surface area contributed by atoms with Crippen LogP contribution < -0.4 is 14.4 Å². The maximum atomic E-state index is 14.0. The number of hydrogen-bond acceptors (Lipinski definition) is 10. The second kappa shape index (κ2) is 16.2. The van der Waals surface area contributed by atoms with E-state index in [-0.39, 0.29) is 24.4 Å². The van der Waals surface area contributed by atoms with Gasteiger partial charge in [-0.25, -0.2) is 19.9 Å². The molecule has 0 spiro atoms. The Morgan fingerprint density at radius 2 is 1.23 bits per heavy atom. The summed E-state index contributed by atoms with van der Waals surface area (Å²) in [5, 5.41) is 11.5. The number of aliphatic hydroxyl groups is 1. The number of carbonyl (C=O) groups excluding carboxylic acids is 2. The number of anilines is 1. The minimum absolute atomic E-state index is 0.00240. The van der Waals surface area contributed by atoms with Crippen LogP contribution >= 0.6 is 0 Å². The van der Waals surface area contributed by atoms with Crippen LogP contribution in [0.25, 0.3) is 11.2 Å². The van der Waals surface area contributed by atoms with E-state index in [4.69, 9.17) is 18.9 Å². The van der Waals surface area contributed by atoms with Crippen molar-refractivity contribution < 1.29 is 33.6 Å². The summed E-state index contributed by atoms with van der Waals surface area (Å²) in [6, 6.07) is 42.3. The Balaban J connectivity index is 1.12. The summed E-state index contributed by atoms with van der Waals surface area (Å²) < 4.78 is 26.2. The molecule has 0 radical (unpaired) electrons. The molecule has 5 aromatic carbocycles. The molecule has 57 heavy (non-hydrogen) atoms. The van der Waals surface area contributed by atoms with Crippen LogP contribution in [0.15, 0.2) is 152 Å². The van der Waals surface area contributed by atoms with Crippen LogP contribution in [-0.2, 0) is 15.1 Å². The van der Waals surface area contributed by atoms with E-state index in [0.717, 1.165) is 21.6 Å². The normalized spacial score (nSPS) is 16.6. The van der Waals surface area contributed by atoms with Crippen LogP contribution in [0.1, 0.15) is 50.1 Å². The van der Waals surface area contributed by atoms with Gasteiger partial charge in [0.25, 0.3) is 11.8 Å². The predicted octanol–water partition coefficient (Wildman–Crippen LogP) is 6.99. The van der Waals surface area contributed by atoms with Crippen molar-refractivity contribution in [2.24, 2.45) is 0 Å². The molecular weight excluding hydrogens is 723 g/mol. The topological polar surface area (TPSA) is 138 Å². The van der Waals surface area contributed by atoms with Crippen LogP contribution in [0.4, 0.5) is 5.82 Å². The Bertz CT molecular complexity index is 2360. The number of rotatable bonds is 12. The fourth-order valence-electron chi connectivity index (χ4n) is 7.24. The van der Waals surface area contributed by atoms with Crippen molar-refractivity contribution in [2.45, 2.75) is 30.5 Å². The first-order valence-electron chi connectivity index (χ1n) is 18.4. The average molecular weight is 762 g/mol. The van der Waals surface area contributed by atoms with Crippen molar-refractivity contribution in [1.29, 1.82) is 0 Å². The van der Waals surface area contributed by atoms with Crippen LogP contribution in [0, 0.1) is 0 Å². The number of imidazole rings is 1. The molecular formula is C45H39N5O7. The number of aromatic nitrogens is 4. The molecule has 2 aromatic heterocycles. The van der Waals surface area contributed by atoms with Gasteiger partial charge in [0.15, 0.2) is 17.0 Å². The number of nitrogens with zero attached hydrogens (tertiary/aromatic N) is 5. The molecule has 0 unspecified atom stereocenters. The highest BCUT2D eigenvalue weighted by Crippen LogP contribution is 2.43. The highest BCUT2D eigenvalue weighted by molar-refractivity contribution is 6.27. The van der Waals surface area contributed by atoms with E-state index >= 15 is 0 Å². The van der Waals surface area contributed by atoms with Gasteiger partial charge in [0, 0.05) is 17.5 Å². The molecule has 1 saturated heterocycles. The number of imide groups is 1. The van der Waals surface area contributed by atoms with Crippen molar-refractivity contribution in [3.8, 4) is 11.5 Å². The first-order valence-corrected chi connectivity index (χ1v) is 18.4. The number of ether oxygens (including phenoxy) is 4. The Morgan fingerprint density at radius 3 is 1.75 bits per heavy atom. The van der Waals surface area contributed by atoms with E-state index < -0.39 is 35.9 Å². The van der Waals surface area contributed by atoms with Gasteiger partial charge in [-0.2, -0.15) is 0 Å². The van der Waals surface area contributed by atoms with Crippen molar-refractivity contribution >= 4 is 28.8 Å². The number of benzene rings is 5. The molecule has 0 saturated carbocycles. The Hall–Kier alpha value is -6.73. The molecule has 0 bridgehead atoms. The second-order valence-electron chi connectivity index (χ2n) is 13.4. The summed E-state index contributed by atoms with van der Waals surface area (Å²) in [4.78, 5) is 42.5. The van der Waals surface area contributed by atoms with E-state index in [1.165, 1.54) is 12.7 Å². The smallest absolute Gasteiger partial charge is 0.266 e. The second-order valence-corrected chi connectivity index (χ2v) is 13.4. The number of amides is 2. The predicted molar refractivity (Wildman–Crippen MR) is 212 cm³/mol. The molecule has 1 N–H and O–H groups in total. The SMILES string of the molecule is COc1ccc(C(OC[C@H]2O[C@@H](n3cnc4c(N(C(=O)c5ccccc5)C(=O)c5ccccc5)ncnc43)C[C@@H]2O)(c2ccccc2)c2ccc(OC)cc2)cc1. The summed E-state index contributed by atoms with van der Waals surface area (Å²) in [6.45, 7) is 0.00240. The van der Waals surface area contributed by atoms with Gasteiger partial charge < -0.3 is 24.1 Å². The first kappa shape index (κ1) is 37.2. The number of methoxy groups -OCH3 is 2. The Morgan fingerprint density at radius 1 is 0.719 bits per heavy atom. The lowest BCUT2D eigenvalue weighted by Crippen LogP contribution is -2.38. The number of aliphatic hydroxyl groups excluding tert-OH is 1. The molecule has 12 heteroatoms. The van der Waals surface area contributed by atoms with Crippen molar-refractivity contribution in [1.82, 2.24) is 19.5 Å². The van der Waals surface area contributed by atoms with Gasteiger partial charge in [0.2, 0.25) is 0 Å². The van der Waals surface area contributed by atoms with Gasteiger partial charge in [-0.3, -0.25) is 14.2 Å². The third kappa shape index (κ3) is 7.13. The summed E-state index contributed by atoms with van der Waals surface area (Å²) in [5.41, 5.74) is 2.56. The summed E-state index contributed by atoms with van der Waals surface area (Å²) in [5.74, 6) is 0.277. The number of carbonyl (C=O) groups is 2. The summed E-state index contributed by atoms with van der Waals surface area (Å²) in [6.07, 6.45) is 0.595. The minimum Gasteiger partial charge on any atom is -0.497 e. The van der Waals surface area contributed by atoms with Gasteiger partial charge in [-0.15, -0.1) is 0 Å². The molecule has 12 nitrogen and oxygen atoms in total. The maximum Gasteiger partial charge on any atom is 0.266 e. The van der Waals surface area contributed by atoms with E-state index in [0.29, 0.717) is 28.3 Å².